The van der Waals surface area contributed by atoms with Crippen LogP contribution in [-0.2, 0) is 0 Å². The Kier molecular flexibility index (Phi) is 6.71. The van der Waals surface area contributed by atoms with Crippen molar-refractivity contribution < 1.29 is 4.74 Å². The van der Waals surface area contributed by atoms with E-state index in [0.29, 0.717) is 15.8 Å². The first-order valence-electron chi connectivity index (χ1n) is 5.99. The molecule has 0 radical (unpaired) electrons. The summed E-state index contributed by atoms with van der Waals surface area (Å²) in [4.78, 5) is 0. The molecule has 0 bridgehead atoms. The molecule has 0 aromatic heterocycles. The second-order valence-electron chi connectivity index (χ2n) is 3.93. The Morgan fingerprint density at radius 2 is 2.06 bits per heavy atom. The van der Waals surface area contributed by atoms with E-state index in [1.165, 1.54) is 0 Å². The smallest absolute Gasteiger partial charge is 0.139 e. The molecule has 0 saturated heterocycles. The summed E-state index contributed by atoms with van der Waals surface area (Å²) in [6, 6.07) is 5.27. The molecule has 17 heavy (non-hydrogen) atoms. The molecule has 4 heteroatoms. The van der Waals surface area contributed by atoms with Crippen molar-refractivity contribution in [1.29, 1.82) is 0 Å². The molecule has 0 aliphatic carbocycles. The van der Waals surface area contributed by atoms with Crippen LogP contribution >= 0.6 is 23.2 Å². The lowest BCUT2D eigenvalue weighted by Gasteiger charge is -2.19. The van der Waals surface area contributed by atoms with Gasteiger partial charge in [-0.25, -0.2) is 0 Å². The van der Waals surface area contributed by atoms with Gasteiger partial charge in [0.05, 0.1) is 5.02 Å². The monoisotopic (exact) mass is 275 g/mol. The molecule has 0 spiro atoms. The molecule has 96 valence electrons. The Morgan fingerprint density at radius 1 is 1.29 bits per heavy atom. The van der Waals surface area contributed by atoms with Crippen LogP contribution < -0.4 is 10.1 Å². The van der Waals surface area contributed by atoms with E-state index in [4.69, 9.17) is 27.9 Å². The molecule has 1 N–H and O–H groups in total. The van der Waals surface area contributed by atoms with Crippen molar-refractivity contribution in [2.24, 2.45) is 0 Å². The maximum absolute atomic E-state index is 6.05. The highest BCUT2D eigenvalue weighted by Gasteiger charge is 2.10. The summed E-state index contributed by atoms with van der Waals surface area (Å²) in [6.07, 6.45) is 2.17. The van der Waals surface area contributed by atoms with Crippen LogP contribution in [0.5, 0.6) is 5.75 Å². The van der Waals surface area contributed by atoms with Gasteiger partial charge >= 0.3 is 0 Å². The molecule has 1 rings (SSSR count). The summed E-state index contributed by atoms with van der Waals surface area (Å²) in [5, 5.41) is 4.58. The lowest BCUT2D eigenvalue weighted by molar-refractivity contribution is 0.194. The lowest BCUT2D eigenvalue weighted by Crippen LogP contribution is -2.31. The number of benzene rings is 1. The van der Waals surface area contributed by atoms with Gasteiger partial charge in [-0.2, -0.15) is 0 Å². The minimum atomic E-state index is 0.123. The van der Waals surface area contributed by atoms with E-state index in [2.05, 4.69) is 19.2 Å². The van der Waals surface area contributed by atoms with Gasteiger partial charge in [-0.1, -0.05) is 37.0 Å². The van der Waals surface area contributed by atoms with Crippen LogP contribution in [-0.4, -0.2) is 19.2 Å². The fourth-order valence-corrected chi connectivity index (χ4v) is 1.78. The SMILES string of the molecule is CCCNCC(CC)Oc1cc(Cl)ccc1Cl. The quantitative estimate of drug-likeness (QED) is 0.755. The fraction of sp³-hybridized carbons (Fsp3) is 0.538. The predicted octanol–water partition coefficient (Wildman–Crippen LogP) is 4.15. The summed E-state index contributed by atoms with van der Waals surface area (Å²) in [6.45, 7) is 6.07. The third-order valence-electron chi connectivity index (χ3n) is 2.44. The molecule has 1 atom stereocenters. The van der Waals surface area contributed by atoms with Crippen molar-refractivity contribution in [3.8, 4) is 5.75 Å². The highest BCUT2D eigenvalue weighted by Crippen LogP contribution is 2.28. The second kappa shape index (κ2) is 7.80. The highest BCUT2D eigenvalue weighted by molar-refractivity contribution is 6.34. The minimum Gasteiger partial charge on any atom is -0.488 e. The molecule has 0 aliphatic rings. The Bertz CT molecular complexity index is 344. The van der Waals surface area contributed by atoms with Crippen LogP contribution in [0.1, 0.15) is 26.7 Å². The number of nitrogens with one attached hydrogen (secondary N) is 1. The van der Waals surface area contributed by atoms with E-state index >= 15 is 0 Å². The zero-order chi connectivity index (χ0) is 12.7. The number of hydrogen-bond acceptors (Lipinski definition) is 2. The van der Waals surface area contributed by atoms with Crippen LogP contribution in [0, 0.1) is 0 Å². The molecule has 2 nitrogen and oxygen atoms in total. The molecular weight excluding hydrogens is 257 g/mol. The lowest BCUT2D eigenvalue weighted by atomic mass is 10.2. The zero-order valence-corrected chi connectivity index (χ0v) is 11.8. The number of rotatable bonds is 7. The van der Waals surface area contributed by atoms with Gasteiger partial charge in [0.15, 0.2) is 0 Å². The molecule has 0 fully saturated rings. The molecule has 1 aromatic rings. The molecular formula is C13H19Cl2NO. The summed E-state index contributed by atoms with van der Waals surface area (Å²) >= 11 is 12.0. The zero-order valence-electron chi connectivity index (χ0n) is 10.3. The van der Waals surface area contributed by atoms with E-state index in [0.717, 1.165) is 25.9 Å². The number of hydrogen-bond donors (Lipinski definition) is 1. The average Bonchev–Trinajstić information content (AvgIpc) is 2.32. The largest absolute Gasteiger partial charge is 0.488 e. The van der Waals surface area contributed by atoms with Crippen LogP contribution in [0.2, 0.25) is 10.0 Å². The van der Waals surface area contributed by atoms with E-state index < -0.39 is 0 Å². The van der Waals surface area contributed by atoms with Gasteiger partial charge in [0.2, 0.25) is 0 Å². The second-order valence-corrected chi connectivity index (χ2v) is 4.77. The molecule has 0 amide bonds. The Morgan fingerprint density at radius 3 is 2.71 bits per heavy atom. The van der Waals surface area contributed by atoms with E-state index in [1.54, 1.807) is 18.2 Å². The van der Waals surface area contributed by atoms with Crippen molar-refractivity contribution in [3.63, 3.8) is 0 Å². The molecule has 1 unspecified atom stereocenters. The molecule has 0 saturated carbocycles. The van der Waals surface area contributed by atoms with Crippen molar-refractivity contribution in [2.45, 2.75) is 32.8 Å². The van der Waals surface area contributed by atoms with Crippen molar-refractivity contribution in [2.75, 3.05) is 13.1 Å². The summed E-state index contributed by atoms with van der Waals surface area (Å²) < 4.78 is 5.84. The molecule has 0 heterocycles. The van der Waals surface area contributed by atoms with Gasteiger partial charge in [0.1, 0.15) is 11.9 Å². The van der Waals surface area contributed by atoms with Crippen LogP contribution in [0.25, 0.3) is 0 Å². The Balaban J connectivity index is 2.57. The summed E-state index contributed by atoms with van der Waals surface area (Å²) in [5.74, 6) is 0.657. The van der Waals surface area contributed by atoms with Crippen LogP contribution in [0.4, 0.5) is 0 Å². The first-order chi connectivity index (χ1) is 8.17. The van der Waals surface area contributed by atoms with Crippen LogP contribution in [0.15, 0.2) is 18.2 Å². The van der Waals surface area contributed by atoms with Gasteiger partial charge in [-0.3, -0.25) is 0 Å². The topological polar surface area (TPSA) is 21.3 Å². The maximum Gasteiger partial charge on any atom is 0.139 e. The van der Waals surface area contributed by atoms with E-state index in [9.17, 15) is 0 Å². The number of halogens is 2. The summed E-state index contributed by atoms with van der Waals surface area (Å²) in [5.41, 5.74) is 0. The fourth-order valence-electron chi connectivity index (χ4n) is 1.46. The summed E-state index contributed by atoms with van der Waals surface area (Å²) in [7, 11) is 0. The van der Waals surface area contributed by atoms with Crippen molar-refractivity contribution in [1.82, 2.24) is 5.32 Å². The van der Waals surface area contributed by atoms with Crippen molar-refractivity contribution >= 4 is 23.2 Å². The Labute approximate surface area is 113 Å². The predicted molar refractivity (Wildman–Crippen MR) is 74.3 cm³/mol. The first-order valence-corrected chi connectivity index (χ1v) is 6.75. The number of ether oxygens (including phenoxy) is 1. The van der Waals surface area contributed by atoms with Gasteiger partial charge in [-0.15, -0.1) is 0 Å². The van der Waals surface area contributed by atoms with Gasteiger partial charge in [0, 0.05) is 17.6 Å². The first kappa shape index (κ1) is 14.6. The molecule has 1 aromatic carbocycles. The van der Waals surface area contributed by atoms with E-state index in [-0.39, 0.29) is 6.10 Å². The normalized spacial score (nSPS) is 12.5. The van der Waals surface area contributed by atoms with Gasteiger partial charge in [-0.05, 0) is 31.5 Å². The van der Waals surface area contributed by atoms with E-state index in [1.807, 2.05) is 0 Å². The van der Waals surface area contributed by atoms with Gasteiger partial charge in [0.25, 0.3) is 0 Å². The van der Waals surface area contributed by atoms with Crippen LogP contribution in [0.3, 0.4) is 0 Å². The maximum atomic E-state index is 6.05. The highest BCUT2D eigenvalue weighted by atomic mass is 35.5. The average molecular weight is 276 g/mol. The van der Waals surface area contributed by atoms with Crippen molar-refractivity contribution in [3.05, 3.63) is 28.2 Å². The Hall–Kier alpha value is -0.440. The standard InChI is InChI=1S/C13H19Cl2NO/c1-3-7-16-9-11(4-2)17-13-8-10(14)5-6-12(13)15/h5-6,8,11,16H,3-4,7,9H2,1-2H3. The molecule has 0 aliphatic heterocycles. The minimum absolute atomic E-state index is 0.123. The third kappa shape index (κ3) is 5.15. The van der Waals surface area contributed by atoms with Gasteiger partial charge < -0.3 is 10.1 Å². The third-order valence-corrected chi connectivity index (χ3v) is 2.99.